The van der Waals surface area contributed by atoms with Gasteiger partial charge >= 0.3 is 0 Å². The van der Waals surface area contributed by atoms with E-state index in [1.54, 1.807) is 16.8 Å². The maximum absolute atomic E-state index is 11.3. The summed E-state index contributed by atoms with van der Waals surface area (Å²) in [5.74, 6) is -0.00215. The standard InChI is InChI=1S/C20H19N7O3/c21-18(28)17-9-13(11-30-17)16-10-22-19(20-23-12-24-27(16)20)25-14-1-3-15(4-2-14)26-5-7-29-8-6-26/h1-4,9-12H,5-8H2,(H2,21,28)(H,22,25). The average Bonchev–Trinajstić information content (AvgIpc) is 3.46. The Kier molecular flexibility index (Phi) is 4.52. The van der Waals surface area contributed by atoms with Crippen molar-refractivity contribution in [3.05, 3.63) is 54.9 Å². The number of amides is 1. The first-order chi connectivity index (χ1) is 14.7. The molecule has 1 saturated heterocycles. The van der Waals surface area contributed by atoms with Crippen LogP contribution < -0.4 is 16.0 Å². The first-order valence-electron chi connectivity index (χ1n) is 9.46. The Bertz CT molecular complexity index is 1190. The summed E-state index contributed by atoms with van der Waals surface area (Å²) in [4.78, 5) is 22.4. The van der Waals surface area contributed by atoms with Crippen molar-refractivity contribution in [3.63, 3.8) is 0 Å². The summed E-state index contributed by atoms with van der Waals surface area (Å²) in [6.45, 7) is 3.28. The normalized spacial score (nSPS) is 14.2. The van der Waals surface area contributed by atoms with Gasteiger partial charge in [-0.2, -0.15) is 5.10 Å². The number of nitrogens with one attached hydrogen (secondary N) is 1. The Balaban J connectivity index is 1.41. The van der Waals surface area contributed by atoms with E-state index in [1.807, 2.05) is 12.1 Å². The average molecular weight is 405 g/mol. The third-order valence-corrected chi connectivity index (χ3v) is 4.95. The molecule has 0 atom stereocenters. The van der Waals surface area contributed by atoms with E-state index in [-0.39, 0.29) is 5.76 Å². The largest absolute Gasteiger partial charge is 0.458 e. The monoisotopic (exact) mass is 405 g/mol. The Morgan fingerprint density at radius 1 is 1.13 bits per heavy atom. The van der Waals surface area contributed by atoms with Gasteiger partial charge in [-0.25, -0.2) is 14.5 Å². The zero-order chi connectivity index (χ0) is 20.5. The SMILES string of the molecule is NC(=O)c1cc(-c2cnc(Nc3ccc(N4CCOCC4)cc3)c3ncnn23)co1. The predicted octanol–water partition coefficient (Wildman–Crippen LogP) is 2.06. The second kappa shape index (κ2) is 7.48. The molecule has 0 unspecified atom stereocenters. The number of anilines is 3. The molecule has 30 heavy (non-hydrogen) atoms. The van der Waals surface area contributed by atoms with Gasteiger partial charge in [0, 0.05) is 30.0 Å². The molecule has 152 valence electrons. The zero-order valence-corrected chi connectivity index (χ0v) is 16.0. The van der Waals surface area contributed by atoms with Gasteiger partial charge < -0.3 is 25.1 Å². The van der Waals surface area contributed by atoms with E-state index in [9.17, 15) is 4.79 Å². The fourth-order valence-corrected chi connectivity index (χ4v) is 3.42. The molecule has 3 aromatic heterocycles. The van der Waals surface area contributed by atoms with Crippen LogP contribution in [-0.2, 0) is 4.74 Å². The van der Waals surface area contributed by atoms with E-state index in [0.29, 0.717) is 22.7 Å². The number of nitrogens with zero attached hydrogens (tertiary/aromatic N) is 5. The number of furan rings is 1. The Labute approximate surface area is 171 Å². The Hall–Kier alpha value is -3.92. The molecule has 0 bridgehead atoms. The second-order valence-electron chi connectivity index (χ2n) is 6.82. The number of rotatable bonds is 5. The highest BCUT2D eigenvalue weighted by Crippen LogP contribution is 2.27. The van der Waals surface area contributed by atoms with Crippen LogP contribution >= 0.6 is 0 Å². The van der Waals surface area contributed by atoms with Crippen LogP contribution in [-0.4, -0.2) is 51.8 Å². The fourth-order valence-electron chi connectivity index (χ4n) is 3.42. The first kappa shape index (κ1) is 18.1. The van der Waals surface area contributed by atoms with E-state index in [1.165, 1.54) is 12.6 Å². The molecule has 1 fully saturated rings. The number of fused-ring (bicyclic) bond motifs is 1. The van der Waals surface area contributed by atoms with Gasteiger partial charge in [0.05, 0.1) is 25.1 Å². The minimum absolute atomic E-state index is 0.0702. The zero-order valence-electron chi connectivity index (χ0n) is 16.0. The van der Waals surface area contributed by atoms with Crippen LogP contribution in [0.3, 0.4) is 0 Å². The molecule has 1 aliphatic rings. The summed E-state index contributed by atoms with van der Waals surface area (Å²) in [7, 11) is 0. The molecule has 10 nitrogen and oxygen atoms in total. The molecule has 0 saturated carbocycles. The van der Waals surface area contributed by atoms with Crippen LogP contribution in [0.2, 0.25) is 0 Å². The molecule has 4 heterocycles. The number of nitrogens with two attached hydrogens (primary N) is 1. The number of benzene rings is 1. The molecular weight excluding hydrogens is 386 g/mol. The summed E-state index contributed by atoms with van der Waals surface area (Å²) in [5.41, 5.74) is 9.12. The summed E-state index contributed by atoms with van der Waals surface area (Å²) in [6, 6.07) is 9.70. The van der Waals surface area contributed by atoms with Gasteiger partial charge in [0.1, 0.15) is 12.6 Å². The molecule has 4 aromatic rings. The third-order valence-electron chi connectivity index (χ3n) is 4.95. The number of primary amides is 1. The van der Waals surface area contributed by atoms with Crippen molar-refractivity contribution in [2.24, 2.45) is 5.73 Å². The van der Waals surface area contributed by atoms with Gasteiger partial charge in [-0.1, -0.05) is 0 Å². The summed E-state index contributed by atoms with van der Waals surface area (Å²) in [6.07, 6.45) is 4.53. The van der Waals surface area contributed by atoms with Crippen molar-refractivity contribution < 1.29 is 13.9 Å². The maximum Gasteiger partial charge on any atom is 0.284 e. The number of morpholine rings is 1. The molecule has 0 radical (unpaired) electrons. The molecule has 1 aromatic carbocycles. The van der Waals surface area contributed by atoms with Gasteiger partial charge in [-0.05, 0) is 30.3 Å². The summed E-state index contributed by atoms with van der Waals surface area (Å²) >= 11 is 0. The smallest absolute Gasteiger partial charge is 0.284 e. The topological polar surface area (TPSA) is 124 Å². The van der Waals surface area contributed by atoms with E-state index >= 15 is 0 Å². The van der Waals surface area contributed by atoms with Crippen molar-refractivity contribution in [1.29, 1.82) is 0 Å². The molecule has 10 heteroatoms. The van der Waals surface area contributed by atoms with E-state index in [0.717, 1.165) is 37.7 Å². The van der Waals surface area contributed by atoms with E-state index in [4.69, 9.17) is 14.9 Å². The minimum Gasteiger partial charge on any atom is -0.458 e. The number of carbonyl (C=O) groups is 1. The van der Waals surface area contributed by atoms with Gasteiger partial charge in [0.15, 0.2) is 17.2 Å². The molecule has 3 N–H and O–H groups in total. The van der Waals surface area contributed by atoms with Crippen molar-refractivity contribution in [2.75, 3.05) is 36.5 Å². The van der Waals surface area contributed by atoms with Crippen LogP contribution in [0.25, 0.3) is 16.9 Å². The number of carbonyl (C=O) groups excluding carboxylic acids is 1. The fraction of sp³-hybridized carbons (Fsp3) is 0.200. The highest BCUT2D eigenvalue weighted by atomic mass is 16.5. The second-order valence-corrected chi connectivity index (χ2v) is 6.82. The first-order valence-corrected chi connectivity index (χ1v) is 9.46. The van der Waals surface area contributed by atoms with Crippen molar-refractivity contribution in [3.8, 4) is 11.3 Å². The molecule has 1 amide bonds. The lowest BCUT2D eigenvalue weighted by Gasteiger charge is -2.28. The number of hydrogen-bond donors (Lipinski definition) is 2. The van der Waals surface area contributed by atoms with E-state index in [2.05, 4.69) is 37.4 Å². The minimum atomic E-state index is -0.636. The number of aromatic nitrogens is 4. The van der Waals surface area contributed by atoms with Crippen LogP contribution in [0.1, 0.15) is 10.6 Å². The van der Waals surface area contributed by atoms with Crippen LogP contribution in [0, 0.1) is 0 Å². The highest BCUT2D eigenvalue weighted by Gasteiger charge is 2.16. The van der Waals surface area contributed by atoms with Crippen LogP contribution in [0.4, 0.5) is 17.2 Å². The highest BCUT2D eigenvalue weighted by molar-refractivity contribution is 5.91. The summed E-state index contributed by atoms with van der Waals surface area (Å²) < 4.78 is 12.2. The van der Waals surface area contributed by atoms with Crippen molar-refractivity contribution >= 4 is 28.7 Å². The third kappa shape index (κ3) is 3.33. The maximum atomic E-state index is 11.3. The summed E-state index contributed by atoms with van der Waals surface area (Å²) in [5, 5.41) is 7.57. The number of ether oxygens (including phenoxy) is 1. The van der Waals surface area contributed by atoms with Gasteiger partial charge in [-0.3, -0.25) is 4.79 Å². The lowest BCUT2D eigenvalue weighted by molar-refractivity contribution is 0.0974. The Morgan fingerprint density at radius 3 is 2.67 bits per heavy atom. The molecule has 0 spiro atoms. The van der Waals surface area contributed by atoms with Crippen LogP contribution in [0.15, 0.2) is 53.5 Å². The van der Waals surface area contributed by atoms with Gasteiger partial charge in [0.25, 0.3) is 5.91 Å². The van der Waals surface area contributed by atoms with Crippen molar-refractivity contribution in [1.82, 2.24) is 19.6 Å². The predicted molar refractivity (Wildman–Crippen MR) is 110 cm³/mol. The molecule has 0 aliphatic carbocycles. The lowest BCUT2D eigenvalue weighted by atomic mass is 10.2. The van der Waals surface area contributed by atoms with Gasteiger partial charge in [-0.15, -0.1) is 0 Å². The van der Waals surface area contributed by atoms with Gasteiger partial charge in [0.2, 0.25) is 0 Å². The van der Waals surface area contributed by atoms with E-state index < -0.39 is 5.91 Å². The molecule has 1 aliphatic heterocycles. The van der Waals surface area contributed by atoms with Crippen molar-refractivity contribution in [2.45, 2.75) is 0 Å². The van der Waals surface area contributed by atoms with Crippen LogP contribution in [0.5, 0.6) is 0 Å². The number of hydrogen-bond acceptors (Lipinski definition) is 8. The lowest BCUT2D eigenvalue weighted by Crippen LogP contribution is -2.36. The molecule has 5 rings (SSSR count). The molecular formula is C20H19N7O3. The Morgan fingerprint density at radius 2 is 1.93 bits per heavy atom. The quantitative estimate of drug-likeness (QED) is 0.517.